The van der Waals surface area contributed by atoms with Crippen LogP contribution in [0, 0.1) is 0 Å². The van der Waals surface area contributed by atoms with Gasteiger partial charge in [0.2, 0.25) is 0 Å². The van der Waals surface area contributed by atoms with Gasteiger partial charge in [-0.1, -0.05) is 49.9 Å². The topological polar surface area (TPSA) is 72.2 Å². The van der Waals surface area contributed by atoms with E-state index < -0.39 is 11.2 Å². The maximum absolute atomic E-state index is 13.2. The van der Waals surface area contributed by atoms with Crippen molar-refractivity contribution < 1.29 is 9.90 Å². The monoisotopic (exact) mass is 342 g/mol. The molecule has 6 heteroatoms. The molecule has 1 aromatic heterocycles. The van der Waals surface area contributed by atoms with E-state index in [1.54, 1.807) is 4.57 Å². The van der Waals surface area contributed by atoms with Crippen LogP contribution < -0.4 is 5.56 Å². The van der Waals surface area contributed by atoms with Crippen molar-refractivity contribution in [2.75, 3.05) is 0 Å². The number of nitrogens with zero attached hydrogens (tertiary/aromatic N) is 2. The number of fused-ring (bicyclic) bond motifs is 4. The normalized spacial score (nSPS) is 24.2. The number of hydrogen-bond acceptors (Lipinski definition) is 4. The van der Waals surface area contributed by atoms with Crippen molar-refractivity contribution >= 4 is 17.7 Å². The first-order valence-corrected chi connectivity index (χ1v) is 8.95. The highest BCUT2D eigenvalue weighted by Gasteiger charge is 2.40. The highest BCUT2D eigenvalue weighted by Crippen LogP contribution is 2.44. The van der Waals surface area contributed by atoms with Crippen LogP contribution >= 0.6 is 11.8 Å². The summed E-state index contributed by atoms with van der Waals surface area (Å²) in [6, 6.07) is 8.05. The molecule has 2 heterocycles. The van der Waals surface area contributed by atoms with Gasteiger partial charge in [-0.15, -0.1) is 0 Å². The fourth-order valence-electron chi connectivity index (χ4n) is 3.70. The van der Waals surface area contributed by atoms with Gasteiger partial charge in [0.1, 0.15) is 5.25 Å². The second-order valence-electron chi connectivity index (χ2n) is 6.73. The molecule has 1 aromatic carbocycles. The van der Waals surface area contributed by atoms with Gasteiger partial charge in [0.15, 0.2) is 5.16 Å². The summed E-state index contributed by atoms with van der Waals surface area (Å²) in [5.41, 5.74) is 3.31. The molecule has 0 fully saturated rings. The zero-order valence-corrected chi connectivity index (χ0v) is 14.4. The van der Waals surface area contributed by atoms with Crippen LogP contribution in [0.4, 0.5) is 0 Å². The van der Waals surface area contributed by atoms with E-state index in [-0.39, 0.29) is 17.5 Å². The van der Waals surface area contributed by atoms with E-state index in [2.05, 4.69) is 19.9 Å². The third kappa shape index (κ3) is 2.05. The van der Waals surface area contributed by atoms with E-state index in [0.717, 1.165) is 29.7 Å². The first-order chi connectivity index (χ1) is 11.4. The van der Waals surface area contributed by atoms with E-state index in [1.165, 1.54) is 17.3 Å². The van der Waals surface area contributed by atoms with Crippen molar-refractivity contribution in [3.05, 3.63) is 45.7 Å². The third-order valence-corrected chi connectivity index (χ3v) is 6.40. The van der Waals surface area contributed by atoms with Crippen LogP contribution in [0.15, 0.2) is 34.2 Å². The van der Waals surface area contributed by atoms with Crippen LogP contribution in [0.3, 0.4) is 0 Å². The lowest BCUT2D eigenvalue weighted by Crippen LogP contribution is -2.39. The number of thioether (sulfide) groups is 1. The highest BCUT2D eigenvalue weighted by molar-refractivity contribution is 8.00. The molecule has 0 saturated carbocycles. The minimum atomic E-state index is -0.901. The summed E-state index contributed by atoms with van der Waals surface area (Å²) in [6.45, 7) is 4.38. The van der Waals surface area contributed by atoms with Crippen LogP contribution in [0.2, 0.25) is 0 Å². The van der Waals surface area contributed by atoms with Gasteiger partial charge >= 0.3 is 5.97 Å². The lowest BCUT2D eigenvalue weighted by atomic mass is 9.69. The third-order valence-electron chi connectivity index (χ3n) is 5.24. The Morgan fingerprint density at radius 2 is 2.21 bits per heavy atom. The standard InChI is InChI=1S/C18H18N2O3S/c1-3-18(2)8-10-6-4-5-7-11(10)14-13(18)15(21)20-9-12(16(22)23)24-17(20)19-14/h4-7,12H,3,8-9H2,1-2H3,(H,22,23)/t12-,18+/m1/s1. The Morgan fingerprint density at radius 1 is 1.46 bits per heavy atom. The number of aromatic nitrogens is 2. The maximum Gasteiger partial charge on any atom is 0.318 e. The minimum absolute atomic E-state index is 0.0786. The number of benzene rings is 1. The van der Waals surface area contributed by atoms with Gasteiger partial charge in [-0.2, -0.15) is 0 Å². The van der Waals surface area contributed by atoms with Crippen molar-refractivity contribution in [3.63, 3.8) is 0 Å². The molecule has 4 rings (SSSR count). The van der Waals surface area contributed by atoms with Crippen LogP contribution in [-0.4, -0.2) is 25.9 Å². The Morgan fingerprint density at radius 3 is 2.92 bits per heavy atom. The van der Waals surface area contributed by atoms with Gasteiger partial charge < -0.3 is 5.11 Å². The average Bonchev–Trinajstić information content (AvgIpc) is 3.00. The van der Waals surface area contributed by atoms with Crippen LogP contribution in [0.1, 0.15) is 31.4 Å². The molecule has 0 unspecified atom stereocenters. The molecule has 2 aromatic rings. The fourth-order valence-corrected chi connectivity index (χ4v) is 4.71. The predicted molar refractivity (Wildman–Crippen MR) is 92.6 cm³/mol. The Kier molecular flexibility index (Phi) is 3.35. The van der Waals surface area contributed by atoms with E-state index in [9.17, 15) is 14.7 Å². The molecule has 1 aliphatic heterocycles. The molecular formula is C18H18N2O3S. The number of rotatable bonds is 2. The number of carboxylic acid groups (broad SMARTS) is 1. The molecular weight excluding hydrogens is 324 g/mol. The summed E-state index contributed by atoms with van der Waals surface area (Å²) >= 11 is 1.17. The first kappa shape index (κ1) is 15.4. The van der Waals surface area contributed by atoms with Crippen molar-refractivity contribution in [3.8, 4) is 11.3 Å². The molecule has 0 spiro atoms. The summed E-state index contributed by atoms with van der Waals surface area (Å²) in [4.78, 5) is 29.2. The number of carboxylic acids is 1. The second kappa shape index (κ2) is 5.21. The summed E-state index contributed by atoms with van der Waals surface area (Å²) in [5, 5.41) is 9.16. The molecule has 0 saturated heterocycles. The van der Waals surface area contributed by atoms with Crippen molar-refractivity contribution in [2.45, 2.75) is 49.1 Å². The highest BCUT2D eigenvalue weighted by atomic mass is 32.2. The maximum atomic E-state index is 13.2. The number of hydrogen-bond donors (Lipinski definition) is 1. The summed E-state index contributed by atoms with van der Waals surface area (Å²) in [6.07, 6.45) is 1.64. The first-order valence-electron chi connectivity index (χ1n) is 8.07. The molecule has 124 valence electrons. The molecule has 0 amide bonds. The second-order valence-corrected chi connectivity index (χ2v) is 7.90. The van der Waals surface area contributed by atoms with E-state index in [1.807, 2.05) is 18.2 Å². The van der Waals surface area contributed by atoms with Gasteiger partial charge in [0.25, 0.3) is 5.56 Å². The number of aliphatic carboxylic acids is 1. The Labute approximate surface area is 143 Å². The van der Waals surface area contributed by atoms with E-state index >= 15 is 0 Å². The van der Waals surface area contributed by atoms with Crippen molar-refractivity contribution in [2.24, 2.45) is 0 Å². The molecule has 24 heavy (non-hydrogen) atoms. The average molecular weight is 342 g/mol. The SMILES string of the molecule is CC[C@@]1(C)Cc2ccccc2-c2nc3n(c(=O)c21)C[C@H](C(=O)O)S3. The lowest BCUT2D eigenvalue weighted by molar-refractivity contribution is -0.136. The summed E-state index contributed by atoms with van der Waals surface area (Å²) in [5.74, 6) is -0.901. The van der Waals surface area contributed by atoms with Crippen molar-refractivity contribution in [1.82, 2.24) is 9.55 Å². The molecule has 0 bridgehead atoms. The summed E-state index contributed by atoms with van der Waals surface area (Å²) in [7, 11) is 0. The molecule has 0 radical (unpaired) electrons. The zero-order valence-electron chi connectivity index (χ0n) is 13.6. The lowest BCUT2D eigenvalue weighted by Gasteiger charge is -2.35. The smallest absolute Gasteiger partial charge is 0.318 e. The van der Waals surface area contributed by atoms with E-state index in [0.29, 0.717) is 5.16 Å². The van der Waals surface area contributed by atoms with Gasteiger partial charge in [-0.3, -0.25) is 14.2 Å². The Bertz CT molecular complexity index is 921. The zero-order chi connectivity index (χ0) is 17.1. The predicted octanol–water partition coefficient (Wildman–Crippen LogP) is 2.69. The molecule has 1 N–H and O–H groups in total. The fraction of sp³-hybridized carbons (Fsp3) is 0.389. The molecule has 1 aliphatic carbocycles. The Balaban J connectivity index is 2.00. The Hall–Kier alpha value is -2.08. The van der Waals surface area contributed by atoms with Gasteiger partial charge in [-0.25, -0.2) is 4.98 Å². The molecule has 2 aliphatic rings. The number of carbonyl (C=O) groups is 1. The van der Waals surface area contributed by atoms with Gasteiger partial charge in [0.05, 0.1) is 17.8 Å². The minimum Gasteiger partial charge on any atom is -0.480 e. The largest absolute Gasteiger partial charge is 0.480 e. The van der Waals surface area contributed by atoms with Crippen LogP contribution in [-0.2, 0) is 23.2 Å². The molecule has 5 nitrogen and oxygen atoms in total. The van der Waals surface area contributed by atoms with Gasteiger partial charge in [0, 0.05) is 11.0 Å². The van der Waals surface area contributed by atoms with Gasteiger partial charge in [-0.05, 0) is 18.4 Å². The molecule has 2 atom stereocenters. The quantitative estimate of drug-likeness (QED) is 0.850. The van der Waals surface area contributed by atoms with Crippen LogP contribution in [0.25, 0.3) is 11.3 Å². The van der Waals surface area contributed by atoms with E-state index in [4.69, 9.17) is 4.98 Å². The van der Waals surface area contributed by atoms with Crippen molar-refractivity contribution in [1.29, 1.82) is 0 Å². The summed E-state index contributed by atoms with van der Waals surface area (Å²) < 4.78 is 1.55. The van der Waals surface area contributed by atoms with Crippen LogP contribution in [0.5, 0.6) is 0 Å².